The molecular formula is C27H22N4O4S. The molecule has 1 amide bonds. The van der Waals surface area contributed by atoms with Crippen molar-refractivity contribution < 1.29 is 14.3 Å². The molecule has 180 valence electrons. The Morgan fingerprint density at radius 3 is 2.50 bits per heavy atom. The van der Waals surface area contributed by atoms with Crippen LogP contribution in [0.15, 0.2) is 76.9 Å². The van der Waals surface area contributed by atoms with Gasteiger partial charge in [-0.25, -0.2) is 9.97 Å². The first-order chi connectivity index (χ1) is 17.5. The molecule has 5 rings (SSSR count). The first kappa shape index (κ1) is 23.3. The summed E-state index contributed by atoms with van der Waals surface area (Å²) in [6, 6.07) is 19.5. The average Bonchev–Trinajstić information content (AvgIpc) is 3.36. The maximum atomic E-state index is 13.0. The van der Waals surface area contributed by atoms with Gasteiger partial charge in [-0.1, -0.05) is 12.1 Å². The van der Waals surface area contributed by atoms with Crippen LogP contribution in [0, 0.1) is 6.92 Å². The van der Waals surface area contributed by atoms with Crippen LogP contribution >= 0.6 is 11.3 Å². The lowest BCUT2D eigenvalue weighted by molar-refractivity contribution is 0.102. The molecule has 0 aliphatic heterocycles. The highest BCUT2D eigenvalue weighted by Gasteiger charge is 2.15. The minimum atomic E-state index is -0.301. The van der Waals surface area contributed by atoms with Gasteiger partial charge < -0.3 is 9.47 Å². The van der Waals surface area contributed by atoms with Gasteiger partial charge in [0.05, 0.1) is 36.5 Å². The maximum absolute atomic E-state index is 13.0. The summed E-state index contributed by atoms with van der Waals surface area (Å²) >= 11 is 1.32. The van der Waals surface area contributed by atoms with E-state index < -0.39 is 0 Å². The third kappa shape index (κ3) is 4.32. The van der Waals surface area contributed by atoms with E-state index in [1.807, 2.05) is 35.7 Å². The van der Waals surface area contributed by atoms with Crippen molar-refractivity contribution in [3.05, 3.63) is 93.9 Å². The number of aryl methyl sites for hydroxylation is 1. The summed E-state index contributed by atoms with van der Waals surface area (Å²) in [5.41, 5.74) is 3.06. The second-order valence-electron chi connectivity index (χ2n) is 7.92. The molecule has 0 atom stereocenters. The van der Waals surface area contributed by atoms with Crippen molar-refractivity contribution in [2.45, 2.75) is 6.92 Å². The van der Waals surface area contributed by atoms with Crippen LogP contribution in [0.25, 0.3) is 27.8 Å². The van der Waals surface area contributed by atoms with E-state index in [9.17, 15) is 9.59 Å². The number of hydrogen-bond acceptors (Lipinski definition) is 7. The van der Waals surface area contributed by atoms with E-state index in [2.05, 4.69) is 15.3 Å². The lowest BCUT2D eigenvalue weighted by Crippen LogP contribution is -2.22. The van der Waals surface area contributed by atoms with Crippen LogP contribution in [0.3, 0.4) is 0 Å². The van der Waals surface area contributed by atoms with E-state index in [-0.39, 0.29) is 11.5 Å². The van der Waals surface area contributed by atoms with Crippen LogP contribution < -0.4 is 20.3 Å². The monoisotopic (exact) mass is 498 g/mol. The molecule has 0 aliphatic carbocycles. The number of hydrogen-bond donors (Lipinski definition) is 1. The molecule has 2 heterocycles. The van der Waals surface area contributed by atoms with Gasteiger partial charge in [0.15, 0.2) is 5.13 Å². The normalized spacial score (nSPS) is 10.9. The van der Waals surface area contributed by atoms with Crippen LogP contribution in [0.2, 0.25) is 0 Å². The lowest BCUT2D eigenvalue weighted by Gasteiger charge is -2.11. The number of carbonyl (C=O) groups is 1. The minimum absolute atomic E-state index is 0.153. The van der Waals surface area contributed by atoms with Crippen LogP contribution in [-0.2, 0) is 0 Å². The van der Waals surface area contributed by atoms with Gasteiger partial charge in [-0.3, -0.25) is 19.5 Å². The number of carbonyl (C=O) groups excluding carboxylic acids is 1. The number of anilines is 1. The summed E-state index contributed by atoms with van der Waals surface area (Å²) in [7, 11) is 3.18. The number of rotatable bonds is 6. The van der Waals surface area contributed by atoms with Gasteiger partial charge in [0, 0.05) is 22.6 Å². The van der Waals surface area contributed by atoms with Crippen LogP contribution in [0.4, 0.5) is 5.13 Å². The molecule has 0 saturated carbocycles. The van der Waals surface area contributed by atoms with Crippen LogP contribution in [-0.4, -0.2) is 34.7 Å². The predicted octanol–water partition coefficient (Wildman–Crippen LogP) is 5.09. The molecular weight excluding hydrogens is 476 g/mol. The van der Waals surface area contributed by atoms with Crippen molar-refractivity contribution in [3.8, 4) is 28.4 Å². The van der Waals surface area contributed by atoms with Gasteiger partial charge in [0.2, 0.25) is 0 Å². The highest BCUT2D eigenvalue weighted by Crippen LogP contribution is 2.35. The summed E-state index contributed by atoms with van der Waals surface area (Å²) in [5.74, 6) is 1.58. The summed E-state index contributed by atoms with van der Waals surface area (Å²) in [5, 5.41) is 5.69. The first-order valence-corrected chi connectivity index (χ1v) is 11.9. The van der Waals surface area contributed by atoms with Crippen molar-refractivity contribution in [2.75, 3.05) is 19.5 Å². The van der Waals surface area contributed by atoms with Gasteiger partial charge in [-0.05, 0) is 55.5 Å². The third-order valence-corrected chi connectivity index (χ3v) is 6.50. The summed E-state index contributed by atoms with van der Waals surface area (Å²) in [6.07, 6.45) is 0. The predicted molar refractivity (Wildman–Crippen MR) is 141 cm³/mol. The molecule has 0 aliphatic rings. The van der Waals surface area contributed by atoms with E-state index in [0.29, 0.717) is 50.3 Å². The molecule has 36 heavy (non-hydrogen) atoms. The number of ether oxygens (including phenoxy) is 2. The quantitative estimate of drug-likeness (QED) is 0.351. The Balaban J connectivity index is 1.37. The Hall–Kier alpha value is -4.50. The molecule has 2 aromatic heterocycles. The van der Waals surface area contributed by atoms with Crippen molar-refractivity contribution >= 4 is 33.3 Å². The highest BCUT2D eigenvalue weighted by molar-refractivity contribution is 7.14. The lowest BCUT2D eigenvalue weighted by atomic mass is 10.1. The topological polar surface area (TPSA) is 95.3 Å². The Labute approximate surface area is 210 Å². The fraction of sp³-hybridized carbons (Fsp3) is 0.111. The van der Waals surface area contributed by atoms with Gasteiger partial charge in [0.25, 0.3) is 11.5 Å². The maximum Gasteiger partial charge on any atom is 0.265 e. The summed E-state index contributed by atoms with van der Waals surface area (Å²) in [4.78, 5) is 35.0. The second-order valence-corrected chi connectivity index (χ2v) is 8.78. The number of benzene rings is 3. The van der Waals surface area contributed by atoms with E-state index in [1.54, 1.807) is 62.1 Å². The molecule has 3 aromatic carbocycles. The Morgan fingerprint density at radius 1 is 0.972 bits per heavy atom. The standard InChI is InChI=1S/C27H22N4O4S/c1-16-28-22-7-5-4-6-21(22)26(33)31(16)18-10-8-17(9-11-18)25(32)30-27-29-23(15-36-27)20-13-12-19(34-2)14-24(20)35-3/h4-15H,1-3H3,(H,29,30,32). The van der Waals surface area contributed by atoms with Crippen LogP contribution in [0.1, 0.15) is 16.2 Å². The van der Waals surface area contributed by atoms with Crippen molar-refractivity contribution in [1.29, 1.82) is 0 Å². The van der Waals surface area contributed by atoms with Crippen LogP contribution in [0.5, 0.6) is 11.5 Å². The van der Waals surface area contributed by atoms with Gasteiger partial charge in [-0.2, -0.15) is 0 Å². The van der Waals surface area contributed by atoms with Gasteiger partial charge >= 0.3 is 0 Å². The van der Waals surface area contributed by atoms with Crippen molar-refractivity contribution in [2.24, 2.45) is 0 Å². The summed E-state index contributed by atoms with van der Waals surface area (Å²) in [6.45, 7) is 1.78. The zero-order chi connectivity index (χ0) is 25.2. The zero-order valence-corrected chi connectivity index (χ0v) is 20.6. The number of para-hydroxylation sites is 1. The molecule has 9 heteroatoms. The SMILES string of the molecule is COc1ccc(-c2csc(NC(=O)c3ccc(-n4c(C)nc5ccccc5c4=O)cc3)n2)c(OC)c1. The zero-order valence-electron chi connectivity index (χ0n) is 19.8. The molecule has 8 nitrogen and oxygen atoms in total. The van der Waals surface area contributed by atoms with Gasteiger partial charge in [0.1, 0.15) is 17.3 Å². The van der Waals surface area contributed by atoms with E-state index in [1.165, 1.54) is 11.3 Å². The fourth-order valence-electron chi connectivity index (χ4n) is 3.94. The number of amides is 1. The Bertz CT molecular complexity index is 1640. The summed E-state index contributed by atoms with van der Waals surface area (Å²) < 4.78 is 12.2. The number of nitrogens with one attached hydrogen (secondary N) is 1. The molecule has 0 unspecified atom stereocenters. The van der Waals surface area contributed by atoms with E-state index in [0.717, 1.165) is 5.56 Å². The number of methoxy groups -OCH3 is 2. The molecule has 5 aromatic rings. The van der Waals surface area contributed by atoms with Gasteiger partial charge in [-0.15, -0.1) is 11.3 Å². The van der Waals surface area contributed by atoms with Crippen molar-refractivity contribution in [3.63, 3.8) is 0 Å². The first-order valence-electron chi connectivity index (χ1n) is 11.1. The Kier molecular flexibility index (Phi) is 6.22. The van der Waals surface area contributed by atoms with Crippen molar-refractivity contribution in [1.82, 2.24) is 14.5 Å². The molecule has 0 bridgehead atoms. The molecule has 0 fully saturated rings. The van der Waals surface area contributed by atoms with E-state index >= 15 is 0 Å². The minimum Gasteiger partial charge on any atom is -0.497 e. The third-order valence-electron chi connectivity index (χ3n) is 5.74. The fourth-order valence-corrected chi connectivity index (χ4v) is 4.65. The number of nitrogens with zero attached hydrogens (tertiary/aromatic N) is 3. The Morgan fingerprint density at radius 2 is 1.75 bits per heavy atom. The highest BCUT2D eigenvalue weighted by atomic mass is 32.1. The molecule has 0 saturated heterocycles. The number of thiazole rings is 1. The molecule has 1 N–H and O–H groups in total. The molecule has 0 radical (unpaired) electrons. The smallest absolute Gasteiger partial charge is 0.265 e. The molecule has 0 spiro atoms. The number of aromatic nitrogens is 3. The largest absolute Gasteiger partial charge is 0.497 e. The number of fused-ring (bicyclic) bond motifs is 1. The average molecular weight is 499 g/mol. The van der Waals surface area contributed by atoms with E-state index in [4.69, 9.17) is 9.47 Å². The second kappa shape index (κ2) is 9.63.